The van der Waals surface area contributed by atoms with Crippen LogP contribution in [0.4, 0.5) is 13.2 Å². The summed E-state index contributed by atoms with van der Waals surface area (Å²) in [6.07, 6.45) is -4.32. The van der Waals surface area contributed by atoms with Gasteiger partial charge < -0.3 is 10.2 Å². The molecule has 0 bridgehead atoms. The largest absolute Gasteiger partial charge is 0.396 e. The van der Waals surface area contributed by atoms with Crippen LogP contribution in [-0.2, 0) is 0 Å². The third kappa shape index (κ3) is 4.81. The molecule has 0 aliphatic heterocycles. The molecule has 0 spiro atoms. The van der Waals surface area contributed by atoms with E-state index in [4.69, 9.17) is 10.2 Å². The van der Waals surface area contributed by atoms with Crippen molar-refractivity contribution >= 4 is 0 Å². The lowest BCUT2D eigenvalue weighted by atomic mass is 9.80. The summed E-state index contributed by atoms with van der Waals surface area (Å²) in [5.41, 5.74) is -0.968. The lowest BCUT2D eigenvalue weighted by Gasteiger charge is -2.29. The molecule has 0 aromatic rings. The summed E-state index contributed by atoms with van der Waals surface area (Å²) < 4.78 is 35.8. The van der Waals surface area contributed by atoms with Crippen molar-refractivity contribution in [2.45, 2.75) is 38.8 Å². The van der Waals surface area contributed by atoms with E-state index in [1.54, 1.807) is 0 Å². The molecule has 5 heteroatoms. The van der Waals surface area contributed by atoms with Crippen LogP contribution in [0.5, 0.6) is 0 Å². The highest BCUT2D eigenvalue weighted by Gasteiger charge is 2.35. The number of aliphatic hydroxyl groups excluding tert-OH is 2. The van der Waals surface area contributed by atoms with Gasteiger partial charge in [0.1, 0.15) is 0 Å². The number of hydrogen-bond acceptors (Lipinski definition) is 2. The Morgan fingerprint density at radius 1 is 0.929 bits per heavy atom. The molecule has 2 nitrogen and oxygen atoms in total. The van der Waals surface area contributed by atoms with Crippen molar-refractivity contribution in [2.24, 2.45) is 5.41 Å². The summed E-state index contributed by atoms with van der Waals surface area (Å²) in [6.45, 7) is 1.02. The van der Waals surface area contributed by atoms with Gasteiger partial charge in [0.15, 0.2) is 0 Å². The van der Waals surface area contributed by atoms with Gasteiger partial charge in [-0.05, 0) is 12.8 Å². The van der Waals surface area contributed by atoms with Crippen molar-refractivity contribution in [1.29, 1.82) is 0 Å². The third-order valence-corrected chi connectivity index (χ3v) is 2.39. The summed E-state index contributed by atoms with van der Waals surface area (Å²) >= 11 is 0. The fraction of sp³-hybridized carbons (Fsp3) is 1.00. The predicted octanol–water partition coefficient (Wildman–Crippen LogP) is 2.10. The molecule has 0 fully saturated rings. The van der Waals surface area contributed by atoms with Crippen molar-refractivity contribution in [2.75, 3.05) is 13.2 Å². The first-order valence-electron chi connectivity index (χ1n) is 4.67. The molecule has 86 valence electrons. The van der Waals surface area contributed by atoms with E-state index in [2.05, 4.69) is 0 Å². The highest BCUT2D eigenvalue weighted by atomic mass is 19.4. The normalized spacial score (nSPS) is 13.3. The number of rotatable bonds is 6. The number of alkyl halides is 3. The van der Waals surface area contributed by atoms with Crippen LogP contribution < -0.4 is 0 Å². The van der Waals surface area contributed by atoms with E-state index < -0.39 is 31.2 Å². The van der Waals surface area contributed by atoms with E-state index in [9.17, 15) is 13.2 Å². The first-order valence-corrected chi connectivity index (χ1v) is 4.67. The van der Waals surface area contributed by atoms with Crippen molar-refractivity contribution in [1.82, 2.24) is 0 Å². The van der Waals surface area contributed by atoms with Gasteiger partial charge in [-0.25, -0.2) is 0 Å². The Hall–Kier alpha value is -0.290. The third-order valence-electron chi connectivity index (χ3n) is 2.39. The maximum absolute atomic E-state index is 11.9. The lowest BCUT2D eigenvalue weighted by molar-refractivity contribution is -0.144. The monoisotopic (exact) mass is 214 g/mol. The van der Waals surface area contributed by atoms with E-state index in [1.165, 1.54) is 0 Å². The Kier molecular flexibility index (Phi) is 5.44. The van der Waals surface area contributed by atoms with Crippen molar-refractivity contribution in [3.05, 3.63) is 0 Å². The number of aliphatic hydroxyl groups is 2. The number of halogens is 3. The highest BCUT2D eigenvalue weighted by Crippen LogP contribution is 2.33. The average Bonchev–Trinajstić information content (AvgIpc) is 2.11. The Morgan fingerprint density at radius 3 is 1.71 bits per heavy atom. The SMILES string of the molecule is CCCC(CO)(CO)CCC(F)(F)F. The van der Waals surface area contributed by atoms with Crippen LogP contribution >= 0.6 is 0 Å². The molecule has 0 amide bonds. The second-order valence-corrected chi connectivity index (χ2v) is 3.68. The molecule has 14 heavy (non-hydrogen) atoms. The molecule has 0 unspecified atom stereocenters. The quantitative estimate of drug-likeness (QED) is 0.710. The smallest absolute Gasteiger partial charge is 0.389 e. The lowest BCUT2D eigenvalue weighted by Crippen LogP contribution is -2.31. The van der Waals surface area contributed by atoms with Crippen LogP contribution in [-0.4, -0.2) is 29.6 Å². The van der Waals surface area contributed by atoms with Crippen LogP contribution in [0.25, 0.3) is 0 Å². The highest BCUT2D eigenvalue weighted by molar-refractivity contribution is 4.78. The molecule has 0 aromatic carbocycles. The zero-order valence-electron chi connectivity index (χ0n) is 8.27. The van der Waals surface area contributed by atoms with Crippen LogP contribution in [0.2, 0.25) is 0 Å². The van der Waals surface area contributed by atoms with Gasteiger partial charge in [0.25, 0.3) is 0 Å². The van der Waals surface area contributed by atoms with Crippen LogP contribution in [0.1, 0.15) is 32.6 Å². The van der Waals surface area contributed by atoms with Gasteiger partial charge in [-0.15, -0.1) is 0 Å². The molecule has 2 N–H and O–H groups in total. The molecular weight excluding hydrogens is 197 g/mol. The second kappa shape index (κ2) is 5.56. The minimum absolute atomic E-state index is 0.211. The van der Waals surface area contributed by atoms with Gasteiger partial charge in [0, 0.05) is 11.8 Å². The summed E-state index contributed by atoms with van der Waals surface area (Å²) in [6, 6.07) is 0. The first-order chi connectivity index (χ1) is 6.39. The Labute approximate surface area is 81.7 Å². The summed E-state index contributed by atoms with van der Waals surface area (Å²) in [5.74, 6) is 0. The molecule has 0 aliphatic rings. The molecule has 0 aliphatic carbocycles. The van der Waals surface area contributed by atoms with Crippen LogP contribution in [0, 0.1) is 5.41 Å². The predicted molar refractivity (Wildman–Crippen MR) is 46.8 cm³/mol. The van der Waals surface area contributed by atoms with E-state index >= 15 is 0 Å². The summed E-state index contributed by atoms with van der Waals surface area (Å²) in [5, 5.41) is 18.0. The van der Waals surface area contributed by atoms with E-state index in [1.807, 2.05) is 6.92 Å². The summed E-state index contributed by atoms with van der Waals surface area (Å²) in [4.78, 5) is 0. The maximum Gasteiger partial charge on any atom is 0.389 e. The van der Waals surface area contributed by atoms with Gasteiger partial charge in [0.05, 0.1) is 13.2 Å². The van der Waals surface area contributed by atoms with Crippen LogP contribution in [0.3, 0.4) is 0 Å². The van der Waals surface area contributed by atoms with Gasteiger partial charge in [0.2, 0.25) is 0 Å². The van der Waals surface area contributed by atoms with E-state index in [0.29, 0.717) is 12.8 Å². The topological polar surface area (TPSA) is 40.5 Å². The van der Waals surface area contributed by atoms with Crippen molar-refractivity contribution in [3.8, 4) is 0 Å². The number of hydrogen-bond donors (Lipinski definition) is 2. The molecule has 0 rings (SSSR count). The van der Waals surface area contributed by atoms with Gasteiger partial charge in [-0.3, -0.25) is 0 Å². The molecule has 0 saturated carbocycles. The first kappa shape index (κ1) is 13.7. The Morgan fingerprint density at radius 2 is 1.43 bits per heavy atom. The Bertz CT molecular complexity index is 153. The molecule has 0 radical (unpaired) electrons. The standard InChI is InChI=1S/C9H17F3O2/c1-2-3-8(6-13,7-14)4-5-9(10,11)12/h13-14H,2-7H2,1H3. The van der Waals surface area contributed by atoms with Crippen molar-refractivity contribution < 1.29 is 23.4 Å². The Balaban J connectivity index is 4.21. The molecule has 0 atom stereocenters. The fourth-order valence-corrected chi connectivity index (χ4v) is 1.43. The average molecular weight is 214 g/mol. The van der Waals surface area contributed by atoms with Crippen LogP contribution in [0.15, 0.2) is 0 Å². The maximum atomic E-state index is 11.9. The minimum atomic E-state index is -4.22. The zero-order valence-corrected chi connectivity index (χ0v) is 8.27. The fourth-order valence-electron chi connectivity index (χ4n) is 1.43. The molecular formula is C9H17F3O2. The van der Waals surface area contributed by atoms with E-state index in [-0.39, 0.29) is 6.42 Å². The van der Waals surface area contributed by atoms with Gasteiger partial charge in [-0.2, -0.15) is 13.2 Å². The second-order valence-electron chi connectivity index (χ2n) is 3.68. The summed E-state index contributed by atoms with van der Waals surface area (Å²) in [7, 11) is 0. The molecule has 0 heterocycles. The van der Waals surface area contributed by atoms with Gasteiger partial charge in [-0.1, -0.05) is 13.3 Å². The zero-order chi connectivity index (χ0) is 11.2. The molecule has 0 saturated heterocycles. The van der Waals surface area contributed by atoms with Crippen molar-refractivity contribution in [3.63, 3.8) is 0 Å². The minimum Gasteiger partial charge on any atom is -0.396 e. The van der Waals surface area contributed by atoms with E-state index in [0.717, 1.165) is 0 Å². The molecule has 0 aromatic heterocycles. The van der Waals surface area contributed by atoms with Gasteiger partial charge >= 0.3 is 6.18 Å².